The van der Waals surface area contributed by atoms with Crippen LogP contribution in [-0.4, -0.2) is 108 Å². The summed E-state index contributed by atoms with van der Waals surface area (Å²) in [4.78, 5) is 37.1. The Morgan fingerprint density at radius 2 is 1.10 bits per heavy atom. The molecule has 0 aliphatic heterocycles. The molecule has 0 N–H and O–H groups in total. The van der Waals surface area contributed by atoms with Crippen LogP contribution in [0, 0.1) is 0 Å². The quantitative estimate of drug-likeness (QED) is 0.116. The van der Waals surface area contributed by atoms with Crippen LogP contribution in [0.5, 0.6) is 5.75 Å². The number of sulfone groups is 3. The fraction of sp³-hybridized carbons (Fsp3) is 0.211. The van der Waals surface area contributed by atoms with Crippen LogP contribution in [0.3, 0.4) is 0 Å². The molecule has 0 spiro atoms. The standard InChI is InChI=1S/C20H16F3N3O2S.C19H16F3N5O3S.C18H13F3N4O2S/c1-3-29(27,28)18-14-7-5-4-6-12(14)11-24-17(18)19-25-15-10-13(20(21,22)23)8-9-16(15)26(19)2;1-4-31(28,29)18-16(24-12-7-10(30-3)5-6-11(12)26-18)17-25-13-8-15(19(20,21)22)23-9-14(13)27(17)2;1-2-28(26,27)14-7-11-5-3-4-6-12(11)24-17(14)13-9-25-10-15(18(19,20)21)22-8-16(25)23-13/h4-11H,3H2,1-2H3;5-9H,4H2,1-3H3;3-10H,2H2,1H3. The van der Waals surface area contributed by atoms with E-state index in [1.165, 1.54) is 50.8 Å². The van der Waals surface area contributed by atoms with E-state index in [-0.39, 0.29) is 88.7 Å². The predicted molar refractivity (Wildman–Crippen MR) is 307 cm³/mol. The van der Waals surface area contributed by atoms with Crippen LogP contribution in [-0.2, 0) is 62.1 Å². The molecule has 8 heterocycles. The van der Waals surface area contributed by atoms with Crippen molar-refractivity contribution in [2.75, 3.05) is 24.4 Å². The van der Waals surface area contributed by atoms with E-state index in [9.17, 15) is 64.8 Å². The number of methoxy groups -OCH3 is 1. The predicted octanol–water partition coefficient (Wildman–Crippen LogP) is 11.8. The van der Waals surface area contributed by atoms with Gasteiger partial charge in [0, 0.05) is 54.9 Å². The minimum absolute atomic E-state index is 0.00668. The van der Waals surface area contributed by atoms with Gasteiger partial charge in [0.2, 0.25) is 0 Å². The number of fused-ring (bicyclic) bond motifs is 6. The van der Waals surface area contributed by atoms with Crippen molar-refractivity contribution in [1.29, 1.82) is 0 Å². The zero-order valence-corrected chi connectivity index (χ0v) is 49.0. The molecule has 0 fully saturated rings. The molecule has 8 aromatic heterocycles. The molecule has 0 atom stereocenters. The molecule has 0 amide bonds. The van der Waals surface area contributed by atoms with E-state index >= 15 is 0 Å². The number of aryl methyl sites for hydroxylation is 2. The average molecular weight is 1280 g/mol. The summed E-state index contributed by atoms with van der Waals surface area (Å²) in [5.74, 6) is 0.214. The summed E-state index contributed by atoms with van der Waals surface area (Å²) in [5.41, 5.74) is -0.430. The number of imidazole rings is 3. The van der Waals surface area contributed by atoms with Gasteiger partial charge in [0.15, 0.2) is 57.5 Å². The number of halogens is 9. The minimum atomic E-state index is -4.64. The highest BCUT2D eigenvalue weighted by molar-refractivity contribution is 7.92. The number of rotatable bonds is 10. The first-order chi connectivity index (χ1) is 41.4. The Bertz CT molecular complexity index is 5110. The third-order valence-electron chi connectivity index (χ3n) is 13.9. The molecule has 0 aliphatic rings. The normalized spacial score (nSPS) is 12.7. The lowest BCUT2D eigenvalue weighted by Crippen LogP contribution is -2.11. The van der Waals surface area contributed by atoms with Gasteiger partial charge in [0.1, 0.15) is 39.1 Å². The maximum absolute atomic E-state index is 13.1. The monoisotopic (exact) mass is 1280 g/mol. The van der Waals surface area contributed by atoms with Gasteiger partial charge in [-0.05, 0) is 48.5 Å². The van der Waals surface area contributed by atoms with E-state index < -0.39 is 65.0 Å². The first-order valence-corrected chi connectivity index (χ1v) is 31.0. The molecule has 0 unspecified atom stereocenters. The number of para-hydroxylation sites is 1. The molecule has 0 saturated carbocycles. The fourth-order valence-electron chi connectivity index (χ4n) is 9.27. The van der Waals surface area contributed by atoms with E-state index in [1.807, 2.05) is 0 Å². The zero-order chi connectivity index (χ0) is 63.6. The fourth-order valence-corrected chi connectivity index (χ4v) is 12.5. The Morgan fingerprint density at radius 1 is 0.489 bits per heavy atom. The van der Waals surface area contributed by atoms with Crippen LogP contribution < -0.4 is 4.74 Å². The molecule has 0 radical (unpaired) electrons. The van der Waals surface area contributed by atoms with Crippen molar-refractivity contribution in [3.8, 4) is 40.2 Å². The van der Waals surface area contributed by atoms with Crippen LogP contribution in [0.15, 0.2) is 143 Å². The molecule has 0 aliphatic carbocycles. The summed E-state index contributed by atoms with van der Waals surface area (Å²) in [5, 5.41) is 1.50. The highest BCUT2D eigenvalue weighted by Crippen LogP contribution is 2.38. The molecule has 456 valence electrons. The Balaban J connectivity index is 0.000000146. The average Bonchev–Trinajstić information content (AvgIpc) is 1.53. The van der Waals surface area contributed by atoms with Gasteiger partial charge in [0.25, 0.3) is 0 Å². The summed E-state index contributed by atoms with van der Waals surface area (Å²) >= 11 is 0. The van der Waals surface area contributed by atoms with Crippen LogP contribution in [0.4, 0.5) is 39.5 Å². The second-order valence-corrected chi connectivity index (χ2v) is 26.1. The number of ether oxygens (including phenoxy) is 1. The smallest absolute Gasteiger partial charge is 0.434 e. The molecular weight excluding hydrogens is 1230 g/mol. The SMILES string of the molecule is CCS(=O)(=O)c1c(-c2nc3cc(C(F)(F)F)ccc3n2C)ncc2ccccc12.CCS(=O)(=O)c1cc2ccccc2nc1-c1cn2cc(C(F)(F)F)ncc2n1.CCS(=O)(=O)c1nc2ccc(OC)cc2nc1-c1nc2cc(C(F)(F)F)ncc2n1C. The van der Waals surface area contributed by atoms with Crippen LogP contribution in [0.1, 0.15) is 37.7 Å². The topological polar surface area (TPSA) is 242 Å². The molecule has 0 saturated heterocycles. The van der Waals surface area contributed by atoms with Gasteiger partial charge in [-0.3, -0.25) is 4.98 Å². The maximum atomic E-state index is 13.1. The summed E-state index contributed by atoms with van der Waals surface area (Å²) in [6.45, 7) is 4.51. The van der Waals surface area contributed by atoms with E-state index in [4.69, 9.17) is 4.74 Å². The molecule has 0 bridgehead atoms. The van der Waals surface area contributed by atoms with Gasteiger partial charge in [-0.1, -0.05) is 63.2 Å². The molecule has 4 aromatic carbocycles. The summed E-state index contributed by atoms with van der Waals surface area (Å²) in [7, 11) is -6.52. The molecule has 31 heteroatoms. The van der Waals surface area contributed by atoms with Crippen molar-refractivity contribution in [2.45, 2.75) is 54.1 Å². The summed E-state index contributed by atoms with van der Waals surface area (Å²) < 4.78 is 203. The van der Waals surface area contributed by atoms with Crippen LogP contribution in [0.25, 0.3) is 94.8 Å². The summed E-state index contributed by atoms with van der Waals surface area (Å²) in [6, 6.07) is 24.3. The van der Waals surface area contributed by atoms with Gasteiger partial charge in [0.05, 0.1) is 85.8 Å². The Hall–Kier alpha value is -9.23. The van der Waals surface area contributed by atoms with Crippen LogP contribution in [0.2, 0.25) is 0 Å². The first-order valence-electron chi connectivity index (χ1n) is 26.0. The van der Waals surface area contributed by atoms with Gasteiger partial charge < -0.3 is 18.3 Å². The van der Waals surface area contributed by atoms with Crippen molar-refractivity contribution in [3.05, 3.63) is 145 Å². The molecular formula is C57H45F9N12O7S3. The van der Waals surface area contributed by atoms with Crippen LogP contribution >= 0.6 is 0 Å². The lowest BCUT2D eigenvalue weighted by Gasteiger charge is -2.12. The number of alkyl halides is 9. The highest BCUT2D eigenvalue weighted by atomic mass is 32.2. The van der Waals surface area contributed by atoms with E-state index in [2.05, 4.69) is 44.9 Å². The largest absolute Gasteiger partial charge is 0.497 e. The number of pyridine rings is 3. The Labute approximate surface area is 493 Å². The van der Waals surface area contributed by atoms with Crippen molar-refractivity contribution < 1.29 is 69.5 Å². The van der Waals surface area contributed by atoms with Crippen molar-refractivity contribution in [2.24, 2.45) is 14.1 Å². The zero-order valence-electron chi connectivity index (χ0n) is 46.6. The molecule has 12 aromatic rings. The highest BCUT2D eigenvalue weighted by Gasteiger charge is 2.36. The Kier molecular flexibility index (Phi) is 16.0. The number of hydrogen-bond acceptors (Lipinski definition) is 16. The lowest BCUT2D eigenvalue weighted by molar-refractivity contribution is -0.142. The molecule has 19 nitrogen and oxygen atoms in total. The van der Waals surface area contributed by atoms with Gasteiger partial charge in [-0.2, -0.15) is 39.5 Å². The summed E-state index contributed by atoms with van der Waals surface area (Å²) in [6.07, 6.45) is -8.04. The van der Waals surface area contributed by atoms with Crippen molar-refractivity contribution >= 4 is 89.9 Å². The number of nitrogens with zero attached hydrogens (tertiary/aromatic N) is 12. The van der Waals surface area contributed by atoms with Gasteiger partial charge >= 0.3 is 18.5 Å². The lowest BCUT2D eigenvalue weighted by atomic mass is 10.1. The van der Waals surface area contributed by atoms with Crippen molar-refractivity contribution in [1.82, 2.24) is 58.4 Å². The molecule has 12 rings (SSSR count). The van der Waals surface area contributed by atoms with Gasteiger partial charge in [-0.25, -0.2) is 65.1 Å². The number of benzene rings is 4. The van der Waals surface area contributed by atoms with E-state index in [0.29, 0.717) is 44.0 Å². The Morgan fingerprint density at radius 3 is 1.76 bits per heavy atom. The second kappa shape index (κ2) is 22.8. The minimum Gasteiger partial charge on any atom is -0.497 e. The number of hydrogen-bond donors (Lipinski definition) is 0. The van der Waals surface area contributed by atoms with E-state index in [0.717, 1.165) is 41.2 Å². The third-order valence-corrected chi connectivity index (χ3v) is 19.1. The second-order valence-electron chi connectivity index (χ2n) is 19.4. The molecule has 88 heavy (non-hydrogen) atoms. The first kappa shape index (κ1) is 61.8. The number of aromatic nitrogens is 12. The van der Waals surface area contributed by atoms with Crippen molar-refractivity contribution in [3.63, 3.8) is 0 Å². The third kappa shape index (κ3) is 11.9. The maximum Gasteiger partial charge on any atom is 0.434 e. The van der Waals surface area contributed by atoms with Gasteiger partial charge in [-0.15, -0.1) is 0 Å². The van der Waals surface area contributed by atoms with E-state index in [1.54, 1.807) is 91.6 Å².